The van der Waals surface area contributed by atoms with Crippen LogP contribution in [0.4, 0.5) is 0 Å². The zero-order valence-corrected chi connectivity index (χ0v) is 11.0. The Morgan fingerprint density at radius 3 is 2.82 bits per heavy atom. The number of benzene rings is 1. The summed E-state index contributed by atoms with van der Waals surface area (Å²) in [5.74, 6) is 3.34. The van der Waals surface area contributed by atoms with Crippen LogP contribution in [0.15, 0.2) is 18.2 Å². The normalized spacial score (nSPS) is 20.1. The fraction of sp³-hybridized carbons (Fsp3) is 0.500. The molecule has 0 saturated heterocycles. The standard InChI is InChI=1S/C16H21N/c1-5-15(11(2)3)17-16-9-8-13-7-6-12(4)10-14(13)16/h1,6-7,10-11,15-17H,8-9H2,2-4H3. The zero-order chi connectivity index (χ0) is 12.4. The Labute approximate surface area is 105 Å². The van der Waals surface area contributed by atoms with Crippen LogP contribution in [0.3, 0.4) is 0 Å². The van der Waals surface area contributed by atoms with Crippen molar-refractivity contribution in [3.63, 3.8) is 0 Å². The molecule has 1 N–H and O–H groups in total. The number of nitrogens with one attached hydrogen (secondary N) is 1. The summed E-state index contributed by atoms with van der Waals surface area (Å²) < 4.78 is 0. The molecule has 0 saturated carbocycles. The Hall–Kier alpha value is -1.26. The van der Waals surface area contributed by atoms with E-state index in [1.165, 1.54) is 29.5 Å². The molecule has 0 amide bonds. The van der Waals surface area contributed by atoms with Gasteiger partial charge in [0.05, 0.1) is 6.04 Å². The minimum absolute atomic E-state index is 0.173. The highest BCUT2D eigenvalue weighted by molar-refractivity contribution is 5.37. The minimum Gasteiger partial charge on any atom is -0.297 e. The third-order valence-electron chi connectivity index (χ3n) is 3.61. The Balaban J connectivity index is 2.17. The van der Waals surface area contributed by atoms with Crippen LogP contribution >= 0.6 is 0 Å². The molecule has 0 fully saturated rings. The van der Waals surface area contributed by atoms with E-state index in [2.05, 4.69) is 50.2 Å². The molecule has 2 atom stereocenters. The molecule has 2 unspecified atom stereocenters. The second-order valence-electron chi connectivity index (χ2n) is 5.35. The van der Waals surface area contributed by atoms with Crippen molar-refractivity contribution in [3.05, 3.63) is 34.9 Å². The van der Waals surface area contributed by atoms with Crippen LogP contribution in [0.25, 0.3) is 0 Å². The van der Waals surface area contributed by atoms with E-state index in [1.54, 1.807) is 0 Å². The summed E-state index contributed by atoms with van der Waals surface area (Å²) in [5.41, 5.74) is 4.26. The number of aryl methyl sites for hydroxylation is 2. The van der Waals surface area contributed by atoms with Crippen molar-refractivity contribution >= 4 is 0 Å². The molecule has 0 heterocycles. The lowest BCUT2D eigenvalue weighted by Crippen LogP contribution is -2.34. The van der Waals surface area contributed by atoms with Gasteiger partial charge in [0.1, 0.15) is 0 Å². The number of hydrogen-bond acceptors (Lipinski definition) is 1. The molecule has 1 nitrogen and oxygen atoms in total. The smallest absolute Gasteiger partial charge is 0.0714 e. The SMILES string of the molecule is C#CC(NC1CCc2ccc(C)cc21)C(C)C. The highest BCUT2D eigenvalue weighted by Crippen LogP contribution is 2.32. The van der Waals surface area contributed by atoms with E-state index in [-0.39, 0.29) is 6.04 Å². The average Bonchev–Trinajstić information content (AvgIpc) is 2.68. The van der Waals surface area contributed by atoms with E-state index in [0.717, 1.165) is 0 Å². The summed E-state index contributed by atoms with van der Waals surface area (Å²) in [4.78, 5) is 0. The largest absolute Gasteiger partial charge is 0.297 e. The molecule has 2 rings (SSSR count). The molecule has 1 aliphatic rings. The molecule has 0 aromatic heterocycles. The molecule has 17 heavy (non-hydrogen) atoms. The Morgan fingerprint density at radius 2 is 2.18 bits per heavy atom. The van der Waals surface area contributed by atoms with Crippen molar-refractivity contribution in [2.75, 3.05) is 0 Å². The van der Waals surface area contributed by atoms with Crippen LogP contribution in [-0.4, -0.2) is 6.04 Å². The molecule has 0 bridgehead atoms. The van der Waals surface area contributed by atoms with E-state index < -0.39 is 0 Å². The second-order valence-corrected chi connectivity index (χ2v) is 5.35. The van der Waals surface area contributed by atoms with Gasteiger partial charge < -0.3 is 0 Å². The van der Waals surface area contributed by atoms with E-state index in [4.69, 9.17) is 6.42 Å². The molecule has 0 aliphatic heterocycles. The maximum atomic E-state index is 5.59. The molecule has 0 spiro atoms. The maximum absolute atomic E-state index is 5.59. The van der Waals surface area contributed by atoms with Crippen LogP contribution in [0.2, 0.25) is 0 Å². The molecule has 1 aromatic carbocycles. The van der Waals surface area contributed by atoms with Gasteiger partial charge in [-0.25, -0.2) is 0 Å². The summed E-state index contributed by atoms with van der Waals surface area (Å²) in [6.45, 7) is 6.49. The van der Waals surface area contributed by atoms with Crippen molar-refractivity contribution < 1.29 is 0 Å². The van der Waals surface area contributed by atoms with Gasteiger partial charge in [0.25, 0.3) is 0 Å². The third kappa shape index (κ3) is 2.53. The Kier molecular flexibility index (Phi) is 3.54. The van der Waals surface area contributed by atoms with Gasteiger partial charge in [0.15, 0.2) is 0 Å². The minimum atomic E-state index is 0.173. The van der Waals surface area contributed by atoms with Gasteiger partial charge in [-0.3, -0.25) is 5.32 Å². The van der Waals surface area contributed by atoms with Crippen molar-refractivity contribution in [1.82, 2.24) is 5.32 Å². The van der Waals surface area contributed by atoms with Gasteiger partial charge in [0, 0.05) is 6.04 Å². The second kappa shape index (κ2) is 4.94. The fourth-order valence-electron chi connectivity index (χ4n) is 2.54. The van der Waals surface area contributed by atoms with Crippen molar-refractivity contribution in [3.8, 4) is 12.3 Å². The van der Waals surface area contributed by atoms with Gasteiger partial charge in [0.2, 0.25) is 0 Å². The first-order valence-corrected chi connectivity index (χ1v) is 6.43. The third-order valence-corrected chi connectivity index (χ3v) is 3.61. The van der Waals surface area contributed by atoms with Gasteiger partial charge in [-0.15, -0.1) is 6.42 Å². The molecule has 0 radical (unpaired) electrons. The van der Waals surface area contributed by atoms with Crippen molar-refractivity contribution in [2.24, 2.45) is 5.92 Å². The molecule has 1 aliphatic carbocycles. The first kappa shape index (κ1) is 12.2. The van der Waals surface area contributed by atoms with Crippen LogP contribution < -0.4 is 5.32 Å². The fourth-order valence-corrected chi connectivity index (χ4v) is 2.54. The summed E-state index contributed by atoms with van der Waals surface area (Å²) in [5, 5.41) is 3.61. The molecule has 90 valence electrons. The van der Waals surface area contributed by atoms with Gasteiger partial charge in [-0.05, 0) is 36.8 Å². The average molecular weight is 227 g/mol. The predicted molar refractivity (Wildman–Crippen MR) is 72.8 cm³/mol. The van der Waals surface area contributed by atoms with E-state index in [9.17, 15) is 0 Å². The summed E-state index contributed by atoms with van der Waals surface area (Å²) in [6.07, 6.45) is 7.93. The molecular weight excluding hydrogens is 206 g/mol. The molecule has 1 heteroatoms. The number of hydrogen-bond donors (Lipinski definition) is 1. The van der Waals surface area contributed by atoms with Crippen molar-refractivity contribution in [1.29, 1.82) is 0 Å². The predicted octanol–water partition coefficient (Wildman–Crippen LogP) is 3.23. The first-order valence-electron chi connectivity index (χ1n) is 6.43. The first-order chi connectivity index (χ1) is 8.11. The lowest BCUT2D eigenvalue weighted by Gasteiger charge is -2.22. The monoisotopic (exact) mass is 227 g/mol. The van der Waals surface area contributed by atoms with Gasteiger partial charge >= 0.3 is 0 Å². The van der Waals surface area contributed by atoms with E-state index in [0.29, 0.717) is 12.0 Å². The lowest BCUT2D eigenvalue weighted by atomic mass is 10.0. The van der Waals surface area contributed by atoms with Crippen LogP contribution in [-0.2, 0) is 6.42 Å². The Bertz CT molecular complexity index is 439. The van der Waals surface area contributed by atoms with Crippen LogP contribution in [0, 0.1) is 25.2 Å². The number of rotatable bonds is 3. The van der Waals surface area contributed by atoms with Crippen molar-refractivity contribution in [2.45, 2.75) is 45.7 Å². The maximum Gasteiger partial charge on any atom is 0.0714 e. The molecular formula is C16H21N. The lowest BCUT2D eigenvalue weighted by molar-refractivity contribution is 0.414. The number of terminal acetylenes is 1. The van der Waals surface area contributed by atoms with E-state index in [1.807, 2.05) is 0 Å². The quantitative estimate of drug-likeness (QED) is 0.782. The van der Waals surface area contributed by atoms with Crippen LogP contribution in [0.5, 0.6) is 0 Å². The van der Waals surface area contributed by atoms with Gasteiger partial charge in [-0.2, -0.15) is 0 Å². The highest BCUT2D eigenvalue weighted by atomic mass is 15.0. The van der Waals surface area contributed by atoms with Gasteiger partial charge in [-0.1, -0.05) is 43.5 Å². The van der Waals surface area contributed by atoms with E-state index >= 15 is 0 Å². The van der Waals surface area contributed by atoms with Crippen LogP contribution in [0.1, 0.15) is 43.0 Å². The molecule has 1 aromatic rings. The topological polar surface area (TPSA) is 12.0 Å². The summed E-state index contributed by atoms with van der Waals surface area (Å²) in [7, 11) is 0. The Morgan fingerprint density at radius 1 is 1.41 bits per heavy atom. The number of fused-ring (bicyclic) bond motifs is 1. The zero-order valence-electron chi connectivity index (χ0n) is 11.0. The highest BCUT2D eigenvalue weighted by Gasteiger charge is 2.24. The summed E-state index contributed by atoms with van der Waals surface area (Å²) in [6, 6.07) is 7.36. The summed E-state index contributed by atoms with van der Waals surface area (Å²) >= 11 is 0.